The summed E-state index contributed by atoms with van der Waals surface area (Å²) < 4.78 is 0. The van der Waals surface area contributed by atoms with Crippen molar-refractivity contribution in [3.8, 4) is 0 Å². The molecule has 4 heteroatoms. The molecule has 0 spiro atoms. The fraction of sp³-hybridized carbons (Fsp3) is 0.818. The number of nitrogens with one attached hydrogen (secondary N) is 2. The maximum Gasteiger partial charge on any atom is 0.147 e. The minimum absolute atomic E-state index is 0.490. The van der Waals surface area contributed by atoms with Gasteiger partial charge >= 0.3 is 0 Å². The zero-order valence-corrected chi connectivity index (χ0v) is 9.62. The quantitative estimate of drug-likeness (QED) is 0.739. The first kappa shape index (κ1) is 10.8. The van der Waals surface area contributed by atoms with Crippen LogP contribution in [0.15, 0.2) is 12.0 Å². The van der Waals surface area contributed by atoms with Crippen molar-refractivity contribution in [3.05, 3.63) is 12.0 Å². The average Bonchev–Trinajstić information content (AvgIpc) is 2.78. The van der Waals surface area contributed by atoms with E-state index in [1.807, 2.05) is 0 Å². The van der Waals surface area contributed by atoms with Crippen LogP contribution in [0.5, 0.6) is 0 Å². The number of nitrogens with zero attached hydrogens (tertiary/aromatic N) is 1. The molecule has 0 amide bonds. The summed E-state index contributed by atoms with van der Waals surface area (Å²) in [7, 11) is 0. The molecule has 0 bridgehead atoms. The number of hydrogen-bond acceptors (Lipinski definition) is 4. The molecule has 2 heterocycles. The molecule has 1 saturated heterocycles. The molecule has 0 saturated carbocycles. The highest BCUT2D eigenvalue weighted by molar-refractivity contribution is 5.02. The molecule has 2 aliphatic heterocycles. The third-order valence-corrected chi connectivity index (χ3v) is 3.34. The van der Waals surface area contributed by atoms with Crippen LogP contribution in [0.2, 0.25) is 0 Å². The van der Waals surface area contributed by atoms with E-state index in [2.05, 4.69) is 36.0 Å². The van der Waals surface area contributed by atoms with Gasteiger partial charge in [-0.3, -0.25) is 5.01 Å². The van der Waals surface area contributed by atoms with Crippen LogP contribution in [-0.2, 0) is 4.84 Å². The zero-order valence-electron chi connectivity index (χ0n) is 9.62. The first-order valence-corrected chi connectivity index (χ1v) is 5.94. The van der Waals surface area contributed by atoms with E-state index in [0.29, 0.717) is 12.0 Å². The van der Waals surface area contributed by atoms with Crippen molar-refractivity contribution in [3.63, 3.8) is 0 Å². The van der Waals surface area contributed by atoms with Crippen molar-refractivity contribution in [2.24, 2.45) is 5.92 Å². The van der Waals surface area contributed by atoms with E-state index in [4.69, 9.17) is 4.84 Å². The van der Waals surface area contributed by atoms with Gasteiger partial charge in [-0.1, -0.05) is 12.5 Å². The SMILES string of the molecule is CCC(C)N1C=C(C2CCNCC2)ON1. The molecule has 86 valence electrons. The van der Waals surface area contributed by atoms with Crippen LogP contribution in [-0.4, -0.2) is 24.1 Å². The molecule has 0 aromatic rings. The normalized spacial score (nSPS) is 24.9. The van der Waals surface area contributed by atoms with Gasteiger partial charge in [0.2, 0.25) is 0 Å². The first-order chi connectivity index (χ1) is 7.31. The van der Waals surface area contributed by atoms with Gasteiger partial charge < -0.3 is 10.2 Å². The Bertz CT molecular complexity index is 236. The highest BCUT2D eigenvalue weighted by Gasteiger charge is 2.25. The van der Waals surface area contributed by atoms with Gasteiger partial charge in [0.25, 0.3) is 0 Å². The Kier molecular flexibility index (Phi) is 3.49. The number of allylic oxidation sites excluding steroid dienone is 1. The molecule has 1 fully saturated rings. The minimum Gasteiger partial charge on any atom is -0.392 e. The predicted octanol–water partition coefficient (Wildman–Crippen LogP) is 1.38. The van der Waals surface area contributed by atoms with Gasteiger partial charge in [0.1, 0.15) is 5.76 Å². The van der Waals surface area contributed by atoms with Gasteiger partial charge in [0.15, 0.2) is 0 Å². The average molecular weight is 211 g/mol. The minimum atomic E-state index is 0.490. The molecule has 4 nitrogen and oxygen atoms in total. The largest absolute Gasteiger partial charge is 0.392 e. The number of hydrogen-bond donors (Lipinski definition) is 2. The third-order valence-electron chi connectivity index (χ3n) is 3.34. The molecule has 2 aliphatic rings. The van der Waals surface area contributed by atoms with Gasteiger partial charge in [0.05, 0.1) is 6.20 Å². The van der Waals surface area contributed by atoms with Gasteiger partial charge in [-0.15, -0.1) is 0 Å². The Morgan fingerprint density at radius 3 is 2.93 bits per heavy atom. The molecule has 0 aromatic heterocycles. The van der Waals surface area contributed by atoms with Crippen LogP contribution in [0, 0.1) is 5.92 Å². The van der Waals surface area contributed by atoms with Crippen LogP contribution >= 0.6 is 0 Å². The van der Waals surface area contributed by atoms with Crippen molar-refractivity contribution >= 4 is 0 Å². The highest BCUT2D eigenvalue weighted by Crippen LogP contribution is 2.25. The second-order valence-electron chi connectivity index (χ2n) is 4.41. The number of hydrazine groups is 1. The summed E-state index contributed by atoms with van der Waals surface area (Å²) in [6, 6.07) is 0.490. The van der Waals surface area contributed by atoms with Crippen molar-refractivity contribution < 1.29 is 4.84 Å². The van der Waals surface area contributed by atoms with Crippen LogP contribution < -0.4 is 10.9 Å². The molecular formula is C11H21N3O. The fourth-order valence-electron chi connectivity index (χ4n) is 2.00. The summed E-state index contributed by atoms with van der Waals surface area (Å²) in [4.78, 5) is 5.54. The van der Waals surface area contributed by atoms with E-state index >= 15 is 0 Å². The van der Waals surface area contributed by atoms with Gasteiger partial charge in [-0.2, -0.15) is 0 Å². The van der Waals surface area contributed by atoms with Crippen molar-refractivity contribution in [2.75, 3.05) is 13.1 Å². The fourth-order valence-corrected chi connectivity index (χ4v) is 2.00. The van der Waals surface area contributed by atoms with Crippen LogP contribution in [0.1, 0.15) is 33.1 Å². The summed E-state index contributed by atoms with van der Waals surface area (Å²) in [6.45, 7) is 6.59. The van der Waals surface area contributed by atoms with Crippen molar-refractivity contribution in [1.29, 1.82) is 0 Å². The standard InChI is InChI=1S/C11H21N3O/c1-3-9(2)14-8-11(15-13-14)10-4-6-12-7-5-10/h8-10,12-13H,3-7H2,1-2H3. The summed E-state index contributed by atoms with van der Waals surface area (Å²) in [5.74, 6) is 1.70. The smallest absolute Gasteiger partial charge is 0.147 e. The monoisotopic (exact) mass is 211 g/mol. The lowest BCUT2D eigenvalue weighted by Crippen LogP contribution is -2.35. The van der Waals surface area contributed by atoms with E-state index in [0.717, 1.165) is 25.3 Å². The summed E-state index contributed by atoms with van der Waals surface area (Å²) >= 11 is 0. The van der Waals surface area contributed by atoms with E-state index < -0.39 is 0 Å². The maximum absolute atomic E-state index is 5.54. The molecule has 15 heavy (non-hydrogen) atoms. The molecule has 0 aliphatic carbocycles. The van der Waals surface area contributed by atoms with Gasteiger partial charge in [0, 0.05) is 12.0 Å². The number of piperidine rings is 1. The highest BCUT2D eigenvalue weighted by atomic mass is 16.7. The Morgan fingerprint density at radius 2 is 2.27 bits per heavy atom. The van der Waals surface area contributed by atoms with E-state index in [-0.39, 0.29) is 0 Å². The molecule has 0 radical (unpaired) electrons. The third kappa shape index (κ3) is 2.44. The molecule has 2 N–H and O–H groups in total. The first-order valence-electron chi connectivity index (χ1n) is 5.94. The summed E-state index contributed by atoms with van der Waals surface area (Å²) in [6.07, 6.45) is 5.61. The molecule has 0 aromatic carbocycles. The lowest BCUT2D eigenvalue weighted by atomic mass is 9.96. The molecule has 2 rings (SSSR count). The topological polar surface area (TPSA) is 36.5 Å². The van der Waals surface area contributed by atoms with E-state index in [1.54, 1.807) is 0 Å². The summed E-state index contributed by atoms with van der Waals surface area (Å²) in [5, 5.41) is 5.43. The van der Waals surface area contributed by atoms with Crippen molar-refractivity contribution in [2.45, 2.75) is 39.2 Å². The predicted molar refractivity (Wildman–Crippen MR) is 59.5 cm³/mol. The Labute approximate surface area is 91.6 Å². The zero-order chi connectivity index (χ0) is 10.7. The molecular weight excluding hydrogens is 190 g/mol. The lowest BCUT2D eigenvalue weighted by Gasteiger charge is -2.21. The molecule has 1 unspecified atom stereocenters. The maximum atomic E-state index is 5.54. The lowest BCUT2D eigenvalue weighted by molar-refractivity contribution is -0.00897. The Balaban J connectivity index is 1.92. The van der Waals surface area contributed by atoms with Gasteiger partial charge in [-0.25, -0.2) is 0 Å². The van der Waals surface area contributed by atoms with Crippen LogP contribution in [0.25, 0.3) is 0 Å². The van der Waals surface area contributed by atoms with Gasteiger partial charge in [-0.05, 0) is 39.3 Å². The Hall–Kier alpha value is -0.740. The van der Waals surface area contributed by atoms with Crippen LogP contribution in [0.3, 0.4) is 0 Å². The van der Waals surface area contributed by atoms with E-state index in [1.165, 1.54) is 12.8 Å². The second kappa shape index (κ2) is 4.86. The summed E-state index contributed by atoms with van der Waals surface area (Å²) in [5.41, 5.74) is 2.98. The Morgan fingerprint density at radius 1 is 1.53 bits per heavy atom. The second-order valence-corrected chi connectivity index (χ2v) is 4.41. The van der Waals surface area contributed by atoms with Crippen LogP contribution in [0.4, 0.5) is 0 Å². The number of rotatable bonds is 3. The van der Waals surface area contributed by atoms with Crippen molar-refractivity contribution in [1.82, 2.24) is 15.9 Å². The van der Waals surface area contributed by atoms with E-state index in [9.17, 15) is 0 Å². The molecule has 1 atom stereocenters.